The van der Waals surface area contributed by atoms with Crippen molar-refractivity contribution in [2.75, 3.05) is 18.8 Å². The second-order valence-electron chi connectivity index (χ2n) is 6.88. The first kappa shape index (κ1) is 19.3. The Labute approximate surface area is 155 Å². The molecule has 0 radical (unpaired) electrons. The van der Waals surface area contributed by atoms with Crippen molar-refractivity contribution < 1.29 is 4.79 Å². The predicted molar refractivity (Wildman–Crippen MR) is 107 cm³/mol. The van der Waals surface area contributed by atoms with Crippen molar-refractivity contribution >= 4 is 34.2 Å². The molecule has 1 aromatic rings. The fraction of sp³-hybridized carbons (Fsp3) is 0.579. The highest BCUT2D eigenvalue weighted by Crippen LogP contribution is 2.18. The lowest BCUT2D eigenvalue weighted by molar-refractivity contribution is -0.119. The molecule has 3 nitrogen and oxygen atoms in total. The largest absolute Gasteiger partial charge is 0.358 e. The number of nitrogens with zero attached hydrogens (tertiary/aromatic N) is 1. The van der Waals surface area contributed by atoms with Crippen LogP contribution in [0.4, 0.5) is 0 Å². The maximum Gasteiger partial charge on any atom is 0.230 e. The summed E-state index contributed by atoms with van der Waals surface area (Å²) in [5, 5.41) is 3.06. The normalized spacial score (nSPS) is 15.6. The summed E-state index contributed by atoms with van der Waals surface area (Å²) in [4.78, 5) is 14.3. The van der Waals surface area contributed by atoms with Crippen LogP contribution in [0.5, 0.6) is 0 Å². The summed E-state index contributed by atoms with van der Waals surface area (Å²) in [6, 6.07) is 8.58. The number of thiocarbonyl (C=S) groups is 1. The van der Waals surface area contributed by atoms with Gasteiger partial charge in [0.05, 0.1) is 11.8 Å². The summed E-state index contributed by atoms with van der Waals surface area (Å²) in [5.74, 6) is 1.09. The molecule has 1 N–H and O–H groups in total. The molecule has 1 aliphatic rings. The molecule has 0 bridgehead atoms. The van der Waals surface area contributed by atoms with Gasteiger partial charge in [0.15, 0.2) is 0 Å². The van der Waals surface area contributed by atoms with E-state index in [2.05, 4.69) is 48.3 Å². The average Bonchev–Trinajstić information content (AvgIpc) is 3.07. The third kappa shape index (κ3) is 6.10. The molecular formula is C19H28N2OS2. The molecule has 1 aliphatic heterocycles. The Morgan fingerprint density at radius 3 is 2.42 bits per heavy atom. The van der Waals surface area contributed by atoms with Gasteiger partial charge in [0, 0.05) is 13.1 Å². The number of hydrogen-bond acceptors (Lipinski definition) is 3. The first-order valence-corrected chi connectivity index (χ1v) is 10.1. The van der Waals surface area contributed by atoms with E-state index in [1.807, 2.05) is 6.92 Å². The fourth-order valence-electron chi connectivity index (χ4n) is 2.90. The molecule has 1 heterocycles. The quantitative estimate of drug-likeness (QED) is 0.768. The third-order valence-electron chi connectivity index (χ3n) is 4.19. The van der Waals surface area contributed by atoms with Gasteiger partial charge < -0.3 is 10.2 Å². The van der Waals surface area contributed by atoms with Gasteiger partial charge in [-0.25, -0.2) is 0 Å². The minimum Gasteiger partial charge on any atom is -0.358 e. The minimum atomic E-state index is 0.0200. The van der Waals surface area contributed by atoms with Crippen molar-refractivity contribution in [1.82, 2.24) is 10.2 Å². The first-order chi connectivity index (χ1) is 11.5. The van der Waals surface area contributed by atoms with Gasteiger partial charge in [-0.15, -0.1) is 0 Å². The van der Waals surface area contributed by atoms with Crippen LogP contribution < -0.4 is 5.32 Å². The zero-order valence-electron chi connectivity index (χ0n) is 14.9. The molecule has 1 aromatic carbocycles. The highest BCUT2D eigenvalue weighted by atomic mass is 32.2. The van der Waals surface area contributed by atoms with Crippen LogP contribution in [-0.4, -0.2) is 34.0 Å². The van der Waals surface area contributed by atoms with Crippen LogP contribution in [0.2, 0.25) is 0 Å². The molecule has 1 amide bonds. The molecule has 2 rings (SSSR count). The zero-order valence-corrected chi connectivity index (χ0v) is 16.5. The van der Waals surface area contributed by atoms with E-state index in [1.165, 1.54) is 30.2 Å². The van der Waals surface area contributed by atoms with E-state index < -0.39 is 0 Å². The van der Waals surface area contributed by atoms with Crippen molar-refractivity contribution in [3.63, 3.8) is 0 Å². The fourth-order valence-corrected chi connectivity index (χ4v) is 3.96. The zero-order chi connectivity index (χ0) is 17.5. The van der Waals surface area contributed by atoms with Crippen LogP contribution in [0.1, 0.15) is 50.8 Å². The van der Waals surface area contributed by atoms with Gasteiger partial charge in [-0.3, -0.25) is 4.79 Å². The minimum absolute atomic E-state index is 0.0200. The molecule has 0 spiro atoms. The Bertz CT molecular complexity index is 551. The van der Waals surface area contributed by atoms with E-state index >= 15 is 0 Å². The van der Waals surface area contributed by atoms with Crippen molar-refractivity contribution in [3.05, 3.63) is 35.4 Å². The maximum absolute atomic E-state index is 12.1. The van der Waals surface area contributed by atoms with Crippen LogP contribution in [0, 0.1) is 5.92 Å². The van der Waals surface area contributed by atoms with Crippen molar-refractivity contribution in [2.24, 2.45) is 5.92 Å². The van der Waals surface area contributed by atoms with Crippen LogP contribution in [-0.2, 0) is 11.2 Å². The van der Waals surface area contributed by atoms with Crippen molar-refractivity contribution in [3.8, 4) is 0 Å². The molecular weight excluding hydrogens is 336 g/mol. The lowest BCUT2D eigenvalue weighted by Crippen LogP contribution is -2.30. The Kier molecular flexibility index (Phi) is 7.56. The van der Waals surface area contributed by atoms with Gasteiger partial charge in [-0.2, -0.15) is 0 Å². The van der Waals surface area contributed by atoms with Crippen LogP contribution in [0.3, 0.4) is 0 Å². The lowest BCUT2D eigenvalue weighted by Gasteiger charge is -2.18. The molecule has 5 heteroatoms. The number of amides is 1. The van der Waals surface area contributed by atoms with Gasteiger partial charge in [-0.05, 0) is 43.2 Å². The van der Waals surface area contributed by atoms with Crippen LogP contribution in [0.15, 0.2) is 24.3 Å². The topological polar surface area (TPSA) is 32.3 Å². The Balaban J connectivity index is 1.77. The third-order valence-corrected chi connectivity index (χ3v) is 5.72. The second kappa shape index (κ2) is 9.42. The van der Waals surface area contributed by atoms with E-state index in [-0.39, 0.29) is 11.9 Å². The Morgan fingerprint density at radius 1 is 1.21 bits per heavy atom. The number of carbonyl (C=O) groups excluding carboxylic acids is 1. The lowest BCUT2D eigenvalue weighted by atomic mass is 10.00. The predicted octanol–water partition coefficient (Wildman–Crippen LogP) is 4.18. The van der Waals surface area contributed by atoms with Crippen LogP contribution >= 0.6 is 24.0 Å². The molecule has 24 heavy (non-hydrogen) atoms. The summed E-state index contributed by atoms with van der Waals surface area (Å²) in [6.07, 6.45) is 3.50. The van der Waals surface area contributed by atoms with Crippen molar-refractivity contribution in [1.29, 1.82) is 0 Å². The van der Waals surface area contributed by atoms with Gasteiger partial charge in [-0.1, -0.05) is 62.1 Å². The summed E-state index contributed by atoms with van der Waals surface area (Å²) >= 11 is 6.87. The Hall–Kier alpha value is -1.07. The van der Waals surface area contributed by atoms with E-state index in [4.69, 9.17) is 12.2 Å². The molecule has 0 saturated carbocycles. The molecule has 1 fully saturated rings. The standard InChI is InChI=1S/C19H28N2OS2/c1-14(2)12-16-6-8-17(9-7-16)15(3)20-18(22)13-24-19(23)21-10-4-5-11-21/h6-9,14-15H,4-5,10-13H2,1-3H3,(H,20,22). The van der Waals surface area contributed by atoms with Gasteiger partial charge >= 0.3 is 0 Å². The summed E-state index contributed by atoms with van der Waals surface area (Å²) in [5.41, 5.74) is 2.49. The molecule has 1 saturated heterocycles. The average molecular weight is 365 g/mol. The van der Waals surface area contributed by atoms with Gasteiger partial charge in [0.25, 0.3) is 0 Å². The molecule has 0 aromatic heterocycles. The number of hydrogen-bond donors (Lipinski definition) is 1. The summed E-state index contributed by atoms with van der Waals surface area (Å²) in [7, 11) is 0. The highest BCUT2D eigenvalue weighted by Gasteiger charge is 2.17. The smallest absolute Gasteiger partial charge is 0.230 e. The Morgan fingerprint density at radius 2 is 1.83 bits per heavy atom. The number of thioether (sulfide) groups is 1. The molecule has 1 atom stereocenters. The van der Waals surface area contributed by atoms with Gasteiger partial charge in [0.2, 0.25) is 5.91 Å². The number of benzene rings is 1. The van der Waals surface area contributed by atoms with Crippen molar-refractivity contribution in [2.45, 2.75) is 46.1 Å². The van der Waals surface area contributed by atoms with Crippen LogP contribution in [0.25, 0.3) is 0 Å². The van der Waals surface area contributed by atoms with E-state index in [1.54, 1.807) is 0 Å². The number of likely N-dealkylation sites (tertiary alicyclic amines) is 1. The van der Waals surface area contributed by atoms with E-state index in [9.17, 15) is 4.79 Å². The monoisotopic (exact) mass is 364 g/mol. The van der Waals surface area contributed by atoms with E-state index in [0.29, 0.717) is 11.7 Å². The SMILES string of the molecule is CC(C)Cc1ccc(C(C)NC(=O)CSC(=S)N2CCCC2)cc1. The first-order valence-electron chi connectivity index (χ1n) is 8.75. The number of nitrogens with one attached hydrogen (secondary N) is 1. The highest BCUT2D eigenvalue weighted by molar-refractivity contribution is 8.23. The number of carbonyl (C=O) groups is 1. The maximum atomic E-state index is 12.1. The number of rotatable bonds is 6. The molecule has 132 valence electrons. The summed E-state index contributed by atoms with van der Waals surface area (Å²) < 4.78 is 0.855. The summed E-state index contributed by atoms with van der Waals surface area (Å²) in [6.45, 7) is 8.54. The second-order valence-corrected chi connectivity index (χ2v) is 8.49. The molecule has 0 aliphatic carbocycles. The van der Waals surface area contributed by atoms with Gasteiger partial charge in [0.1, 0.15) is 4.32 Å². The van der Waals surface area contributed by atoms with E-state index in [0.717, 1.165) is 29.4 Å². The molecule has 1 unspecified atom stereocenters.